The Balaban J connectivity index is 2.98. The quantitative estimate of drug-likeness (QED) is 0.726. The molecule has 1 nitrogen and oxygen atoms in total. The lowest BCUT2D eigenvalue weighted by Crippen LogP contribution is -2.25. The van der Waals surface area contributed by atoms with E-state index >= 15 is 0 Å². The monoisotopic (exact) mass is 274 g/mol. The van der Waals surface area contributed by atoms with Crippen LogP contribution < -0.4 is 4.74 Å². The third-order valence-electron chi connectivity index (χ3n) is 2.82. The van der Waals surface area contributed by atoms with E-state index in [1.807, 2.05) is 19.9 Å². The molecular formula is C15H21F3O. The molecular weight excluding hydrogens is 253 g/mol. The normalized spacial score (nSPS) is 13.5. The first-order valence-electron chi connectivity index (χ1n) is 6.25. The number of ether oxygens (including phenoxy) is 1. The predicted molar refractivity (Wildman–Crippen MR) is 70.2 cm³/mol. The molecule has 0 aromatic heterocycles. The Bertz CT molecular complexity index is 428. The van der Waals surface area contributed by atoms with Crippen molar-refractivity contribution in [3.63, 3.8) is 0 Å². The van der Waals surface area contributed by atoms with Gasteiger partial charge in [0.05, 0.1) is 0 Å². The lowest BCUT2D eigenvalue weighted by Gasteiger charge is -2.33. The van der Waals surface area contributed by atoms with E-state index in [1.165, 1.54) is 12.1 Å². The second kappa shape index (κ2) is 5.06. The van der Waals surface area contributed by atoms with Crippen LogP contribution in [0, 0.1) is 5.41 Å². The van der Waals surface area contributed by atoms with Crippen LogP contribution >= 0.6 is 0 Å². The maximum Gasteiger partial charge on any atom is 0.573 e. The highest BCUT2D eigenvalue weighted by Crippen LogP contribution is 2.37. The van der Waals surface area contributed by atoms with Crippen LogP contribution in [0.1, 0.15) is 46.6 Å². The highest BCUT2D eigenvalue weighted by atomic mass is 19.4. The lowest BCUT2D eigenvalue weighted by atomic mass is 9.72. The zero-order valence-electron chi connectivity index (χ0n) is 12.1. The summed E-state index contributed by atoms with van der Waals surface area (Å²) in [6.45, 7) is 10.4. The average molecular weight is 274 g/mol. The van der Waals surface area contributed by atoms with Crippen LogP contribution in [0.3, 0.4) is 0 Å². The van der Waals surface area contributed by atoms with Crippen LogP contribution in [0.2, 0.25) is 0 Å². The molecule has 0 aliphatic rings. The van der Waals surface area contributed by atoms with Gasteiger partial charge in [-0.1, -0.05) is 46.8 Å². The van der Waals surface area contributed by atoms with Crippen molar-refractivity contribution in [2.75, 3.05) is 0 Å². The summed E-state index contributed by atoms with van der Waals surface area (Å²) in [5, 5.41) is 0. The molecule has 0 spiro atoms. The van der Waals surface area contributed by atoms with Gasteiger partial charge in [0, 0.05) is 0 Å². The fourth-order valence-corrected chi connectivity index (χ4v) is 2.54. The summed E-state index contributed by atoms with van der Waals surface area (Å²) in [5.74, 6) is -0.160. The highest BCUT2D eigenvalue weighted by Gasteiger charge is 2.32. The molecule has 1 aromatic carbocycles. The van der Waals surface area contributed by atoms with Crippen molar-refractivity contribution < 1.29 is 17.9 Å². The van der Waals surface area contributed by atoms with E-state index in [2.05, 4.69) is 25.5 Å². The smallest absolute Gasteiger partial charge is 0.406 e. The van der Waals surface area contributed by atoms with E-state index in [1.54, 1.807) is 6.07 Å². The van der Waals surface area contributed by atoms with Gasteiger partial charge in [0.15, 0.2) is 0 Å². The molecule has 0 fully saturated rings. The Morgan fingerprint density at radius 1 is 1.00 bits per heavy atom. The van der Waals surface area contributed by atoms with Gasteiger partial charge >= 0.3 is 6.36 Å². The summed E-state index contributed by atoms with van der Waals surface area (Å²) < 4.78 is 40.6. The van der Waals surface area contributed by atoms with Crippen LogP contribution in [0.15, 0.2) is 24.3 Å². The molecule has 0 saturated carbocycles. The zero-order valence-corrected chi connectivity index (χ0v) is 12.1. The number of rotatable bonds is 3. The van der Waals surface area contributed by atoms with Gasteiger partial charge in [0.1, 0.15) is 5.75 Å². The molecule has 0 aliphatic carbocycles. The molecule has 0 amide bonds. The molecule has 1 rings (SSSR count). The van der Waals surface area contributed by atoms with Gasteiger partial charge in [-0.2, -0.15) is 0 Å². The van der Waals surface area contributed by atoms with Crippen LogP contribution in [-0.4, -0.2) is 6.36 Å². The fraction of sp³-hybridized carbons (Fsp3) is 0.600. The molecule has 108 valence electrons. The Morgan fingerprint density at radius 2 is 1.58 bits per heavy atom. The standard InChI is InChI=1S/C15H21F3O/c1-13(2,3)10-14(4,5)11-7-6-8-12(9-11)19-15(16,17)18/h6-9H,10H2,1-5H3. The van der Waals surface area contributed by atoms with Gasteiger partial charge in [-0.25, -0.2) is 0 Å². The second-order valence-electron chi connectivity index (χ2n) is 6.70. The Morgan fingerprint density at radius 3 is 2.05 bits per heavy atom. The molecule has 0 saturated heterocycles. The first-order valence-corrected chi connectivity index (χ1v) is 6.25. The molecule has 0 unspecified atom stereocenters. The third-order valence-corrected chi connectivity index (χ3v) is 2.82. The van der Waals surface area contributed by atoms with E-state index in [9.17, 15) is 13.2 Å². The second-order valence-corrected chi connectivity index (χ2v) is 6.70. The first-order chi connectivity index (χ1) is 8.39. The lowest BCUT2D eigenvalue weighted by molar-refractivity contribution is -0.274. The molecule has 4 heteroatoms. The van der Waals surface area contributed by atoms with Gasteiger partial charge in [-0.15, -0.1) is 13.2 Å². The molecule has 1 aromatic rings. The topological polar surface area (TPSA) is 9.23 Å². The van der Waals surface area contributed by atoms with Gasteiger partial charge in [0.2, 0.25) is 0 Å². The summed E-state index contributed by atoms with van der Waals surface area (Å²) in [6, 6.07) is 6.24. The van der Waals surface area contributed by atoms with E-state index in [0.717, 1.165) is 12.0 Å². The van der Waals surface area contributed by atoms with Crippen LogP contribution in [-0.2, 0) is 5.41 Å². The van der Waals surface area contributed by atoms with Crippen molar-refractivity contribution in [3.05, 3.63) is 29.8 Å². The SMILES string of the molecule is CC(C)(C)CC(C)(C)c1cccc(OC(F)(F)F)c1. The molecule has 0 N–H and O–H groups in total. The predicted octanol–water partition coefficient (Wildman–Crippen LogP) is 5.30. The van der Waals surface area contributed by atoms with E-state index < -0.39 is 6.36 Å². The number of benzene rings is 1. The van der Waals surface area contributed by atoms with Gasteiger partial charge in [0.25, 0.3) is 0 Å². The summed E-state index contributed by atoms with van der Waals surface area (Å²) in [4.78, 5) is 0. The minimum Gasteiger partial charge on any atom is -0.406 e. The molecule has 0 radical (unpaired) electrons. The Kier molecular flexibility index (Phi) is 4.23. The largest absolute Gasteiger partial charge is 0.573 e. The summed E-state index contributed by atoms with van der Waals surface area (Å²) in [7, 11) is 0. The van der Waals surface area contributed by atoms with E-state index in [-0.39, 0.29) is 16.6 Å². The summed E-state index contributed by atoms with van der Waals surface area (Å²) >= 11 is 0. The number of hydrogen-bond acceptors (Lipinski definition) is 1. The number of hydrogen-bond donors (Lipinski definition) is 0. The Hall–Kier alpha value is -1.19. The number of alkyl halides is 3. The van der Waals surface area contributed by atoms with Gasteiger partial charge in [-0.05, 0) is 34.9 Å². The van der Waals surface area contributed by atoms with Crippen molar-refractivity contribution in [1.29, 1.82) is 0 Å². The molecule has 0 heterocycles. The zero-order chi connectivity index (χ0) is 14.9. The highest BCUT2D eigenvalue weighted by molar-refractivity contribution is 5.33. The maximum atomic E-state index is 12.2. The van der Waals surface area contributed by atoms with Crippen molar-refractivity contribution in [2.45, 2.75) is 52.8 Å². The molecule has 0 bridgehead atoms. The average Bonchev–Trinajstić information content (AvgIpc) is 2.11. The van der Waals surface area contributed by atoms with Crippen molar-refractivity contribution in [2.24, 2.45) is 5.41 Å². The summed E-state index contributed by atoms with van der Waals surface area (Å²) in [5.41, 5.74) is 0.748. The minimum absolute atomic E-state index is 0.102. The molecule has 19 heavy (non-hydrogen) atoms. The summed E-state index contributed by atoms with van der Waals surface area (Å²) in [6.07, 6.45) is -3.78. The van der Waals surface area contributed by atoms with Crippen molar-refractivity contribution >= 4 is 0 Å². The molecule has 0 atom stereocenters. The Labute approximate surface area is 112 Å². The van der Waals surface area contributed by atoms with E-state index in [0.29, 0.717) is 0 Å². The third kappa shape index (κ3) is 5.53. The first kappa shape index (κ1) is 15.9. The molecule has 0 aliphatic heterocycles. The maximum absolute atomic E-state index is 12.2. The van der Waals surface area contributed by atoms with Gasteiger partial charge < -0.3 is 4.74 Å². The van der Waals surface area contributed by atoms with Crippen molar-refractivity contribution in [3.8, 4) is 5.75 Å². The van der Waals surface area contributed by atoms with Crippen LogP contribution in [0.5, 0.6) is 5.75 Å². The van der Waals surface area contributed by atoms with Crippen LogP contribution in [0.4, 0.5) is 13.2 Å². The minimum atomic E-state index is -4.65. The number of halogens is 3. The van der Waals surface area contributed by atoms with Crippen LogP contribution in [0.25, 0.3) is 0 Å². The van der Waals surface area contributed by atoms with Crippen molar-refractivity contribution in [1.82, 2.24) is 0 Å². The fourth-order valence-electron chi connectivity index (χ4n) is 2.54. The van der Waals surface area contributed by atoms with Gasteiger partial charge in [-0.3, -0.25) is 0 Å². The van der Waals surface area contributed by atoms with E-state index in [4.69, 9.17) is 0 Å².